The van der Waals surface area contributed by atoms with E-state index in [1.54, 1.807) is 6.92 Å². The van der Waals surface area contributed by atoms with Gasteiger partial charge in [0.1, 0.15) is 11.3 Å². The number of hydrogen-bond acceptors (Lipinski definition) is 4. The average molecular weight is 342 g/mol. The molecule has 0 saturated carbocycles. The Bertz CT molecular complexity index is 724. The van der Waals surface area contributed by atoms with E-state index in [9.17, 15) is 18.0 Å². The molecule has 0 amide bonds. The average Bonchev–Trinajstić information content (AvgIpc) is 2.91. The number of hydrogen-bond donors (Lipinski definition) is 0. The van der Waals surface area contributed by atoms with Gasteiger partial charge in [-0.25, -0.2) is 4.79 Å². The maximum atomic E-state index is 12.8. The number of esters is 1. The third kappa shape index (κ3) is 4.06. The lowest BCUT2D eigenvalue weighted by molar-refractivity contribution is -0.137. The van der Waals surface area contributed by atoms with Crippen molar-refractivity contribution in [2.75, 3.05) is 6.61 Å². The molecular formula is C16H17F3N2O3. The summed E-state index contributed by atoms with van der Waals surface area (Å²) in [4.78, 5) is 12.0. The van der Waals surface area contributed by atoms with Gasteiger partial charge in [-0.1, -0.05) is 6.07 Å². The summed E-state index contributed by atoms with van der Waals surface area (Å²) in [6.45, 7) is 5.50. The number of rotatable bonds is 5. The van der Waals surface area contributed by atoms with Gasteiger partial charge in [-0.15, -0.1) is 5.10 Å². The lowest BCUT2D eigenvalue weighted by Crippen LogP contribution is -2.06. The molecule has 0 aliphatic rings. The minimum absolute atomic E-state index is 0.0583. The van der Waals surface area contributed by atoms with Crippen LogP contribution in [0.2, 0.25) is 0 Å². The van der Waals surface area contributed by atoms with E-state index in [1.165, 1.54) is 23.0 Å². The first-order valence-electron chi connectivity index (χ1n) is 7.33. The quantitative estimate of drug-likeness (QED) is 0.753. The van der Waals surface area contributed by atoms with Crippen molar-refractivity contribution >= 4 is 5.97 Å². The SMILES string of the molecule is CCOC(=O)c1cn(C(C)C)nc1Oc1cccc(C(F)(F)F)c1. The molecule has 0 radical (unpaired) electrons. The van der Waals surface area contributed by atoms with Gasteiger partial charge in [0, 0.05) is 12.2 Å². The van der Waals surface area contributed by atoms with Gasteiger partial charge >= 0.3 is 12.1 Å². The van der Waals surface area contributed by atoms with Crippen molar-refractivity contribution in [1.29, 1.82) is 0 Å². The highest BCUT2D eigenvalue weighted by Gasteiger charge is 2.31. The monoisotopic (exact) mass is 342 g/mol. The van der Waals surface area contributed by atoms with Crippen LogP contribution in [0.5, 0.6) is 11.6 Å². The normalized spacial score (nSPS) is 11.6. The minimum Gasteiger partial charge on any atom is -0.462 e. The Balaban J connectivity index is 2.36. The summed E-state index contributed by atoms with van der Waals surface area (Å²) >= 11 is 0. The molecule has 0 unspecified atom stereocenters. The highest BCUT2D eigenvalue weighted by atomic mass is 19.4. The van der Waals surface area contributed by atoms with Crippen LogP contribution in [-0.4, -0.2) is 22.4 Å². The molecule has 1 aromatic carbocycles. The van der Waals surface area contributed by atoms with Crippen LogP contribution in [0, 0.1) is 0 Å². The Labute approximate surface area is 137 Å². The Hall–Kier alpha value is -2.51. The lowest BCUT2D eigenvalue weighted by atomic mass is 10.2. The molecule has 1 heterocycles. The van der Waals surface area contributed by atoms with Crippen molar-refractivity contribution in [3.05, 3.63) is 41.6 Å². The molecule has 0 saturated heterocycles. The van der Waals surface area contributed by atoms with E-state index in [-0.39, 0.29) is 29.8 Å². The predicted molar refractivity (Wildman–Crippen MR) is 80.1 cm³/mol. The lowest BCUT2D eigenvalue weighted by Gasteiger charge is -2.09. The summed E-state index contributed by atoms with van der Waals surface area (Å²) in [5.41, 5.74) is -0.788. The van der Waals surface area contributed by atoms with Crippen LogP contribution in [0.1, 0.15) is 42.7 Å². The molecular weight excluding hydrogens is 325 g/mol. The molecule has 0 fully saturated rings. The Kier molecular flexibility index (Phi) is 5.16. The predicted octanol–water partition coefficient (Wildman–Crippen LogP) is 4.45. The zero-order valence-corrected chi connectivity index (χ0v) is 13.4. The molecule has 5 nitrogen and oxygen atoms in total. The Morgan fingerprint density at radius 1 is 1.33 bits per heavy atom. The van der Waals surface area contributed by atoms with Crippen LogP contribution in [0.3, 0.4) is 0 Å². The molecule has 130 valence electrons. The van der Waals surface area contributed by atoms with E-state index < -0.39 is 17.7 Å². The van der Waals surface area contributed by atoms with E-state index in [0.717, 1.165) is 12.1 Å². The van der Waals surface area contributed by atoms with Crippen molar-refractivity contribution in [1.82, 2.24) is 9.78 Å². The summed E-state index contributed by atoms with van der Waals surface area (Å²) in [6.07, 6.45) is -3.04. The molecule has 1 aromatic heterocycles. The van der Waals surface area contributed by atoms with E-state index in [4.69, 9.17) is 9.47 Å². The van der Waals surface area contributed by atoms with Crippen LogP contribution >= 0.6 is 0 Å². The van der Waals surface area contributed by atoms with Gasteiger partial charge in [-0.3, -0.25) is 4.68 Å². The number of halogens is 3. The summed E-state index contributed by atoms with van der Waals surface area (Å²) < 4.78 is 50.1. The Morgan fingerprint density at radius 2 is 2.04 bits per heavy atom. The number of carbonyl (C=O) groups is 1. The van der Waals surface area contributed by atoms with Crippen molar-refractivity contribution in [3.63, 3.8) is 0 Å². The largest absolute Gasteiger partial charge is 0.462 e. The second kappa shape index (κ2) is 6.94. The minimum atomic E-state index is -4.49. The molecule has 0 aliphatic carbocycles. The first-order chi connectivity index (χ1) is 11.2. The number of alkyl halides is 3. The molecule has 8 heteroatoms. The third-order valence-corrected chi connectivity index (χ3v) is 3.10. The van der Waals surface area contributed by atoms with E-state index in [2.05, 4.69) is 5.10 Å². The second-order valence-corrected chi connectivity index (χ2v) is 5.27. The number of aromatic nitrogens is 2. The zero-order valence-electron chi connectivity index (χ0n) is 13.4. The standard InChI is InChI=1S/C16H17F3N2O3/c1-4-23-15(22)13-9-21(10(2)3)20-14(13)24-12-7-5-6-11(8-12)16(17,18)19/h5-10H,4H2,1-3H3. The maximum absolute atomic E-state index is 12.8. The topological polar surface area (TPSA) is 53.4 Å². The fourth-order valence-electron chi connectivity index (χ4n) is 1.91. The van der Waals surface area contributed by atoms with E-state index in [0.29, 0.717) is 0 Å². The molecule has 0 spiro atoms. The van der Waals surface area contributed by atoms with Gasteiger partial charge in [-0.05, 0) is 39.0 Å². The van der Waals surface area contributed by atoms with Crippen LogP contribution in [0.25, 0.3) is 0 Å². The first kappa shape index (κ1) is 17.8. The van der Waals surface area contributed by atoms with Crippen molar-refractivity contribution in [3.8, 4) is 11.6 Å². The van der Waals surface area contributed by atoms with Crippen molar-refractivity contribution < 1.29 is 27.4 Å². The fourth-order valence-corrected chi connectivity index (χ4v) is 1.91. The second-order valence-electron chi connectivity index (χ2n) is 5.27. The molecule has 2 rings (SSSR count). The van der Waals surface area contributed by atoms with Crippen LogP contribution in [0.15, 0.2) is 30.5 Å². The molecule has 0 atom stereocenters. The number of carbonyl (C=O) groups excluding carboxylic acids is 1. The highest BCUT2D eigenvalue weighted by Crippen LogP contribution is 2.33. The van der Waals surface area contributed by atoms with Gasteiger partial charge in [0.15, 0.2) is 0 Å². The van der Waals surface area contributed by atoms with E-state index in [1.807, 2.05) is 13.8 Å². The summed E-state index contributed by atoms with van der Waals surface area (Å²) in [5.74, 6) is -0.808. The first-order valence-corrected chi connectivity index (χ1v) is 7.33. The van der Waals surface area contributed by atoms with Gasteiger partial charge in [-0.2, -0.15) is 13.2 Å². The van der Waals surface area contributed by atoms with Gasteiger partial charge < -0.3 is 9.47 Å². The van der Waals surface area contributed by atoms with Crippen LogP contribution in [0.4, 0.5) is 13.2 Å². The number of benzene rings is 1. The van der Waals surface area contributed by atoms with Crippen LogP contribution < -0.4 is 4.74 Å². The van der Waals surface area contributed by atoms with Crippen molar-refractivity contribution in [2.24, 2.45) is 0 Å². The van der Waals surface area contributed by atoms with Gasteiger partial charge in [0.05, 0.1) is 12.2 Å². The van der Waals surface area contributed by atoms with Gasteiger partial charge in [0.25, 0.3) is 5.88 Å². The smallest absolute Gasteiger partial charge is 0.416 e. The summed E-state index contributed by atoms with van der Waals surface area (Å²) in [5, 5.41) is 4.11. The Morgan fingerprint density at radius 3 is 2.62 bits per heavy atom. The number of ether oxygens (including phenoxy) is 2. The molecule has 0 N–H and O–H groups in total. The van der Waals surface area contributed by atoms with Crippen molar-refractivity contribution in [2.45, 2.75) is 33.0 Å². The summed E-state index contributed by atoms with van der Waals surface area (Å²) in [7, 11) is 0. The molecule has 24 heavy (non-hydrogen) atoms. The maximum Gasteiger partial charge on any atom is 0.416 e. The fraction of sp³-hybridized carbons (Fsp3) is 0.375. The number of nitrogens with zero attached hydrogens (tertiary/aromatic N) is 2. The molecule has 0 aliphatic heterocycles. The van der Waals surface area contributed by atoms with Crippen LogP contribution in [-0.2, 0) is 10.9 Å². The molecule has 2 aromatic rings. The van der Waals surface area contributed by atoms with E-state index >= 15 is 0 Å². The zero-order chi connectivity index (χ0) is 17.9. The third-order valence-electron chi connectivity index (χ3n) is 3.10. The highest BCUT2D eigenvalue weighted by molar-refractivity contribution is 5.91. The summed E-state index contributed by atoms with van der Waals surface area (Å²) in [6, 6.07) is 4.31. The van der Waals surface area contributed by atoms with Gasteiger partial charge in [0.2, 0.25) is 0 Å². The molecule has 0 bridgehead atoms.